The Morgan fingerprint density at radius 2 is 2.17 bits per heavy atom. The fourth-order valence-electron chi connectivity index (χ4n) is 2.65. The summed E-state index contributed by atoms with van der Waals surface area (Å²) in [7, 11) is 0. The third kappa shape index (κ3) is 1.94. The molecule has 0 spiro atoms. The lowest BCUT2D eigenvalue weighted by atomic mass is 9.98. The molecule has 2 heterocycles. The van der Waals surface area contributed by atoms with E-state index in [1.54, 1.807) is 6.07 Å². The van der Waals surface area contributed by atoms with Gasteiger partial charge >= 0.3 is 0 Å². The predicted octanol–water partition coefficient (Wildman–Crippen LogP) is 2.71. The van der Waals surface area contributed by atoms with E-state index in [4.69, 9.17) is 0 Å². The number of hydrogen-bond acceptors (Lipinski definition) is 3. The largest absolute Gasteiger partial charge is 0.350 e. The Labute approximate surface area is 105 Å². The van der Waals surface area contributed by atoms with E-state index in [1.165, 1.54) is 23.2 Å². The van der Waals surface area contributed by atoms with Gasteiger partial charge in [-0.2, -0.15) is 4.98 Å². The standard InChI is InChI=1S/C13H17FN4/c1-8-3-5-11(9(8)2)15-13-16-12-6-4-10(14)7-18(12)17-13/h4,6-9,11H,3,5H2,1-2H3,(H,15,17). The molecule has 4 nitrogen and oxygen atoms in total. The first-order valence-corrected chi connectivity index (χ1v) is 6.42. The van der Waals surface area contributed by atoms with Crippen LogP contribution in [0.25, 0.3) is 5.65 Å². The SMILES string of the molecule is CC1CCC(Nc2nc3ccc(F)cn3n2)C1C. The van der Waals surface area contributed by atoms with Crippen LogP contribution >= 0.6 is 0 Å². The molecule has 0 saturated heterocycles. The van der Waals surface area contributed by atoms with Gasteiger partial charge in [-0.25, -0.2) is 8.91 Å². The molecule has 1 fully saturated rings. The van der Waals surface area contributed by atoms with E-state index in [-0.39, 0.29) is 5.82 Å². The van der Waals surface area contributed by atoms with Crippen LogP contribution in [-0.2, 0) is 0 Å². The van der Waals surface area contributed by atoms with Gasteiger partial charge in [-0.1, -0.05) is 13.8 Å². The molecule has 3 atom stereocenters. The van der Waals surface area contributed by atoms with E-state index >= 15 is 0 Å². The zero-order chi connectivity index (χ0) is 12.7. The van der Waals surface area contributed by atoms with Gasteiger partial charge in [0.25, 0.3) is 0 Å². The first-order chi connectivity index (χ1) is 8.63. The Morgan fingerprint density at radius 1 is 1.33 bits per heavy atom. The predicted molar refractivity (Wildman–Crippen MR) is 67.9 cm³/mol. The molecule has 2 aromatic heterocycles. The van der Waals surface area contributed by atoms with Gasteiger partial charge in [-0.3, -0.25) is 0 Å². The number of nitrogens with zero attached hydrogens (tertiary/aromatic N) is 3. The summed E-state index contributed by atoms with van der Waals surface area (Å²) in [6, 6.07) is 3.45. The molecule has 18 heavy (non-hydrogen) atoms. The minimum atomic E-state index is -0.304. The molecular weight excluding hydrogens is 231 g/mol. The summed E-state index contributed by atoms with van der Waals surface area (Å²) in [5, 5.41) is 7.62. The van der Waals surface area contributed by atoms with Crippen molar-refractivity contribution < 1.29 is 4.39 Å². The zero-order valence-corrected chi connectivity index (χ0v) is 10.6. The van der Waals surface area contributed by atoms with Gasteiger partial charge < -0.3 is 5.32 Å². The second-order valence-corrected chi connectivity index (χ2v) is 5.25. The molecule has 1 aliphatic rings. The number of hydrogen-bond donors (Lipinski definition) is 1. The second-order valence-electron chi connectivity index (χ2n) is 5.25. The highest BCUT2D eigenvalue weighted by molar-refractivity contribution is 5.43. The van der Waals surface area contributed by atoms with Crippen molar-refractivity contribution in [2.24, 2.45) is 11.8 Å². The lowest BCUT2D eigenvalue weighted by Gasteiger charge is -2.18. The number of fused-ring (bicyclic) bond motifs is 1. The first-order valence-electron chi connectivity index (χ1n) is 6.42. The van der Waals surface area contributed by atoms with Gasteiger partial charge in [-0.15, -0.1) is 5.10 Å². The summed E-state index contributed by atoms with van der Waals surface area (Å²) in [4.78, 5) is 4.35. The third-order valence-corrected chi connectivity index (χ3v) is 4.07. The quantitative estimate of drug-likeness (QED) is 0.888. The molecule has 5 heteroatoms. The number of halogens is 1. The van der Waals surface area contributed by atoms with Gasteiger partial charge in [0.2, 0.25) is 5.95 Å². The maximum absolute atomic E-state index is 13.1. The average Bonchev–Trinajstić information content (AvgIpc) is 2.86. The molecule has 0 radical (unpaired) electrons. The molecule has 0 aliphatic heterocycles. The molecule has 0 amide bonds. The number of aromatic nitrogens is 3. The smallest absolute Gasteiger partial charge is 0.243 e. The van der Waals surface area contributed by atoms with Crippen molar-refractivity contribution in [3.8, 4) is 0 Å². The Balaban J connectivity index is 1.83. The highest BCUT2D eigenvalue weighted by Gasteiger charge is 2.30. The minimum Gasteiger partial charge on any atom is -0.350 e. The minimum absolute atomic E-state index is 0.304. The van der Waals surface area contributed by atoms with Crippen molar-refractivity contribution in [2.75, 3.05) is 5.32 Å². The van der Waals surface area contributed by atoms with Crippen LogP contribution in [0.4, 0.5) is 10.3 Å². The molecule has 3 unspecified atom stereocenters. The first kappa shape index (κ1) is 11.4. The number of anilines is 1. The summed E-state index contributed by atoms with van der Waals surface area (Å²) in [5.74, 6) is 1.64. The Hall–Kier alpha value is -1.65. The van der Waals surface area contributed by atoms with Crippen LogP contribution in [-0.4, -0.2) is 20.6 Å². The van der Waals surface area contributed by atoms with Gasteiger partial charge in [0.05, 0.1) is 6.20 Å². The summed E-state index contributed by atoms with van der Waals surface area (Å²) in [6.45, 7) is 4.53. The number of rotatable bonds is 2. The van der Waals surface area contributed by atoms with Crippen molar-refractivity contribution in [2.45, 2.75) is 32.7 Å². The van der Waals surface area contributed by atoms with E-state index < -0.39 is 0 Å². The maximum atomic E-state index is 13.1. The molecule has 2 aromatic rings. The molecule has 96 valence electrons. The molecule has 1 saturated carbocycles. The van der Waals surface area contributed by atoms with Crippen LogP contribution in [0, 0.1) is 17.7 Å². The number of nitrogens with one attached hydrogen (secondary N) is 1. The van der Waals surface area contributed by atoms with Gasteiger partial charge in [0.15, 0.2) is 5.65 Å². The van der Waals surface area contributed by atoms with Crippen LogP contribution in [0.5, 0.6) is 0 Å². The summed E-state index contributed by atoms with van der Waals surface area (Å²) in [5.41, 5.74) is 0.664. The maximum Gasteiger partial charge on any atom is 0.243 e. The molecule has 3 rings (SSSR count). The van der Waals surface area contributed by atoms with Crippen molar-refractivity contribution in [1.82, 2.24) is 14.6 Å². The van der Waals surface area contributed by atoms with Crippen LogP contribution in [0.1, 0.15) is 26.7 Å². The van der Waals surface area contributed by atoms with E-state index in [2.05, 4.69) is 29.2 Å². The molecule has 1 aliphatic carbocycles. The Bertz CT molecular complexity index is 565. The van der Waals surface area contributed by atoms with E-state index in [9.17, 15) is 4.39 Å². The highest BCUT2D eigenvalue weighted by atomic mass is 19.1. The zero-order valence-electron chi connectivity index (χ0n) is 10.6. The fourth-order valence-corrected chi connectivity index (χ4v) is 2.65. The highest BCUT2D eigenvalue weighted by Crippen LogP contribution is 2.32. The van der Waals surface area contributed by atoms with Crippen LogP contribution < -0.4 is 5.32 Å². The molecular formula is C13H17FN4. The van der Waals surface area contributed by atoms with E-state index in [1.807, 2.05) is 0 Å². The summed E-state index contributed by atoms with van der Waals surface area (Å²) in [6.07, 6.45) is 3.72. The molecule has 0 bridgehead atoms. The van der Waals surface area contributed by atoms with Gasteiger partial charge in [-0.05, 0) is 36.8 Å². The lowest BCUT2D eigenvalue weighted by molar-refractivity contribution is 0.434. The third-order valence-electron chi connectivity index (χ3n) is 4.07. The van der Waals surface area contributed by atoms with Crippen molar-refractivity contribution >= 4 is 11.6 Å². The van der Waals surface area contributed by atoms with E-state index in [0.29, 0.717) is 23.6 Å². The average molecular weight is 248 g/mol. The monoisotopic (exact) mass is 248 g/mol. The molecule has 1 N–H and O–H groups in total. The summed E-state index contributed by atoms with van der Waals surface area (Å²) < 4.78 is 14.5. The second kappa shape index (κ2) is 4.23. The van der Waals surface area contributed by atoms with Crippen molar-refractivity contribution in [3.63, 3.8) is 0 Å². The van der Waals surface area contributed by atoms with Gasteiger partial charge in [0, 0.05) is 6.04 Å². The Morgan fingerprint density at radius 3 is 2.89 bits per heavy atom. The van der Waals surface area contributed by atoms with Crippen LogP contribution in [0.2, 0.25) is 0 Å². The lowest BCUT2D eigenvalue weighted by Crippen LogP contribution is -2.24. The van der Waals surface area contributed by atoms with E-state index in [0.717, 1.165) is 12.3 Å². The van der Waals surface area contributed by atoms with Crippen molar-refractivity contribution in [1.29, 1.82) is 0 Å². The number of pyridine rings is 1. The van der Waals surface area contributed by atoms with Crippen LogP contribution in [0.15, 0.2) is 18.3 Å². The fraction of sp³-hybridized carbons (Fsp3) is 0.538. The summed E-state index contributed by atoms with van der Waals surface area (Å²) >= 11 is 0. The van der Waals surface area contributed by atoms with Gasteiger partial charge in [0.1, 0.15) is 5.82 Å². The van der Waals surface area contributed by atoms with Crippen molar-refractivity contribution in [3.05, 3.63) is 24.1 Å². The molecule has 0 aromatic carbocycles. The topological polar surface area (TPSA) is 42.2 Å². The Kier molecular flexibility index (Phi) is 2.69. The van der Waals surface area contributed by atoms with Crippen LogP contribution in [0.3, 0.4) is 0 Å². The normalized spacial score (nSPS) is 27.8.